The lowest BCUT2D eigenvalue weighted by Gasteiger charge is -2.16. The number of aromatic nitrogens is 1. The Morgan fingerprint density at radius 3 is 2.52 bits per heavy atom. The van der Waals surface area contributed by atoms with E-state index < -0.39 is 15.9 Å². The van der Waals surface area contributed by atoms with Gasteiger partial charge in [-0.3, -0.25) is 14.4 Å². The van der Waals surface area contributed by atoms with Gasteiger partial charge < -0.3 is 0 Å². The van der Waals surface area contributed by atoms with Crippen LogP contribution in [0.2, 0.25) is 5.02 Å². The van der Waals surface area contributed by atoms with Crippen molar-refractivity contribution < 1.29 is 13.2 Å². The fourth-order valence-electron chi connectivity index (χ4n) is 3.01. The maximum Gasteiger partial charge on any atom is 0.265 e. The highest BCUT2D eigenvalue weighted by Crippen LogP contribution is 2.25. The Morgan fingerprint density at radius 2 is 1.85 bits per heavy atom. The number of halogens is 1. The molecule has 2 aromatic rings. The number of hydrogen-bond donors (Lipinski definition) is 0. The summed E-state index contributed by atoms with van der Waals surface area (Å²) in [4.78, 5) is 17.6. The molecule has 1 fully saturated rings. The lowest BCUT2D eigenvalue weighted by Crippen LogP contribution is -2.30. The molecule has 0 unspecified atom stereocenters. The fourth-order valence-corrected chi connectivity index (χ4v) is 4.75. The monoisotopic (exact) mass is 407 g/mol. The van der Waals surface area contributed by atoms with Crippen LogP contribution in [0.3, 0.4) is 0 Å². The normalized spacial score (nSPS) is 16.2. The van der Waals surface area contributed by atoms with E-state index in [2.05, 4.69) is 4.99 Å². The van der Waals surface area contributed by atoms with Crippen LogP contribution in [0.15, 0.2) is 52.5 Å². The smallest absolute Gasteiger partial charge is 0.265 e. The van der Waals surface area contributed by atoms with Gasteiger partial charge in [0.25, 0.3) is 5.91 Å². The van der Waals surface area contributed by atoms with Crippen LogP contribution < -0.4 is 5.49 Å². The minimum atomic E-state index is -3.63. The molecule has 0 saturated carbocycles. The van der Waals surface area contributed by atoms with E-state index in [-0.39, 0.29) is 21.5 Å². The predicted molar refractivity (Wildman–Crippen MR) is 104 cm³/mol. The third kappa shape index (κ3) is 4.15. The second-order valence-electron chi connectivity index (χ2n) is 6.71. The Labute approximate surface area is 164 Å². The molecule has 0 radical (unpaired) electrons. The van der Waals surface area contributed by atoms with Crippen molar-refractivity contribution in [2.75, 3.05) is 13.1 Å². The summed E-state index contributed by atoms with van der Waals surface area (Å²) in [6.07, 6.45) is 3.29. The van der Waals surface area contributed by atoms with Gasteiger partial charge >= 0.3 is 0 Å². The van der Waals surface area contributed by atoms with Gasteiger partial charge in [-0.25, -0.2) is 8.42 Å². The molecule has 6 nitrogen and oxygen atoms in total. The zero-order valence-electron chi connectivity index (χ0n) is 15.3. The van der Waals surface area contributed by atoms with E-state index in [1.54, 1.807) is 24.4 Å². The van der Waals surface area contributed by atoms with Gasteiger partial charge in [-0.15, -0.1) is 0 Å². The van der Waals surface area contributed by atoms with E-state index in [9.17, 15) is 13.2 Å². The van der Waals surface area contributed by atoms with Gasteiger partial charge in [0, 0.05) is 25.3 Å². The Bertz CT molecular complexity index is 1020. The summed E-state index contributed by atoms with van der Waals surface area (Å²) in [5.74, 6) is -0.418. The topological polar surface area (TPSA) is 71.7 Å². The first kappa shape index (κ1) is 19.8. The molecule has 0 N–H and O–H groups in total. The number of benzene rings is 1. The maximum atomic E-state index is 13.1. The number of pyridine rings is 1. The van der Waals surface area contributed by atoms with Gasteiger partial charge in [-0.1, -0.05) is 17.7 Å². The van der Waals surface area contributed by atoms with Gasteiger partial charge in [0.05, 0.1) is 15.5 Å². The molecule has 1 aliphatic heterocycles. The summed E-state index contributed by atoms with van der Waals surface area (Å²) in [6, 6.07) is 9.51. The molecule has 1 aromatic carbocycles. The zero-order chi connectivity index (χ0) is 19.6. The van der Waals surface area contributed by atoms with E-state index >= 15 is 0 Å². The molecule has 27 heavy (non-hydrogen) atoms. The van der Waals surface area contributed by atoms with Crippen LogP contribution in [0.5, 0.6) is 0 Å². The molecule has 3 rings (SSSR count). The molecule has 1 aliphatic rings. The number of sulfonamides is 1. The number of nitrogens with zero attached hydrogens (tertiary/aromatic N) is 3. The minimum Gasteiger partial charge on any atom is -0.268 e. The number of carbonyl (C=O) groups is 1. The highest BCUT2D eigenvalue weighted by Gasteiger charge is 2.28. The van der Waals surface area contributed by atoms with Crippen molar-refractivity contribution in [3.63, 3.8) is 0 Å². The molecule has 144 valence electrons. The molecular formula is C19H22ClN3O3S. The lowest BCUT2D eigenvalue weighted by atomic mass is 10.2. The molecule has 0 bridgehead atoms. The van der Waals surface area contributed by atoms with Crippen molar-refractivity contribution in [2.24, 2.45) is 4.99 Å². The third-order valence-corrected chi connectivity index (χ3v) is 6.54. The van der Waals surface area contributed by atoms with E-state index in [0.29, 0.717) is 18.6 Å². The first-order chi connectivity index (χ1) is 12.8. The van der Waals surface area contributed by atoms with E-state index in [0.717, 1.165) is 12.8 Å². The van der Waals surface area contributed by atoms with Gasteiger partial charge in [0.2, 0.25) is 10.0 Å². The molecular weight excluding hydrogens is 386 g/mol. The van der Waals surface area contributed by atoms with Crippen molar-refractivity contribution in [1.29, 1.82) is 0 Å². The Kier molecular flexibility index (Phi) is 5.83. The molecule has 1 aromatic heterocycles. The summed E-state index contributed by atoms with van der Waals surface area (Å²) in [5, 5.41) is 0.201. The van der Waals surface area contributed by atoms with E-state index in [1.165, 1.54) is 27.1 Å². The summed E-state index contributed by atoms with van der Waals surface area (Å²) < 4.78 is 28.5. The van der Waals surface area contributed by atoms with Crippen LogP contribution in [-0.2, 0) is 10.0 Å². The van der Waals surface area contributed by atoms with Crippen LogP contribution in [-0.4, -0.2) is 42.3 Å². The average molecular weight is 408 g/mol. The number of carbonyl (C=O) groups excluding carboxylic acids is 1. The van der Waals surface area contributed by atoms with Crippen LogP contribution in [0.4, 0.5) is 0 Å². The van der Waals surface area contributed by atoms with Gasteiger partial charge in [0.15, 0.2) is 0 Å². The first-order valence-electron chi connectivity index (χ1n) is 8.86. The summed E-state index contributed by atoms with van der Waals surface area (Å²) >= 11 is 6.24. The summed E-state index contributed by atoms with van der Waals surface area (Å²) in [5.41, 5.74) is 0.620. The van der Waals surface area contributed by atoms with Crippen LogP contribution in [0.25, 0.3) is 0 Å². The van der Waals surface area contributed by atoms with Crippen molar-refractivity contribution in [3.8, 4) is 0 Å². The van der Waals surface area contributed by atoms with Gasteiger partial charge in [-0.2, -0.15) is 4.31 Å². The maximum absolute atomic E-state index is 13.1. The SMILES string of the molecule is CC(C)N=c1ccccn1C(=O)c1cc(S(=O)(=O)N2CCCC2)ccc1Cl. The van der Waals surface area contributed by atoms with Crippen LogP contribution in [0.1, 0.15) is 37.0 Å². The van der Waals surface area contributed by atoms with Crippen molar-refractivity contribution in [2.45, 2.75) is 37.6 Å². The summed E-state index contributed by atoms with van der Waals surface area (Å²) in [7, 11) is -3.63. The Morgan fingerprint density at radius 1 is 1.15 bits per heavy atom. The highest BCUT2D eigenvalue weighted by molar-refractivity contribution is 7.89. The van der Waals surface area contributed by atoms with Crippen molar-refractivity contribution >= 4 is 27.5 Å². The summed E-state index contributed by atoms with van der Waals surface area (Å²) in [6.45, 7) is 4.83. The molecule has 0 aliphatic carbocycles. The van der Waals surface area contributed by atoms with Gasteiger partial charge in [-0.05, 0) is 57.0 Å². The van der Waals surface area contributed by atoms with Crippen LogP contribution >= 0.6 is 11.6 Å². The molecule has 0 amide bonds. The Balaban J connectivity index is 2.07. The molecule has 2 heterocycles. The molecule has 0 spiro atoms. The minimum absolute atomic E-state index is 0.00352. The molecule has 0 atom stereocenters. The average Bonchev–Trinajstić information content (AvgIpc) is 3.17. The third-order valence-electron chi connectivity index (χ3n) is 4.32. The van der Waals surface area contributed by atoms with E-state index in [4.69, 9.17) is 11.6 Å². The lowest BCUT2D eigenvalue weighted by molar-refractivity contribution is 0.0954. The standard InChI is InChI=1S/C19H22ClN3O3S/c1-14(2)21-18-7-3-4-12-23(18)19(24)16-13-15(8-9-17(16)20)27(25,26)22-10-5-6-11-22/h3-4,7-9,12-14H,5-6,10-11H2,1-2H3. The highest BCUT2D eigenvalue weighted by atomic mass is 35.5. The van der Waals surface area contributed by atoms with E-state index in [1.807, 2.05) is 13.8 Å². The number of rotatable bonds is 4. The van der Waals surface area contributed by atoms with Crippen molar-refractivity contribution in [1.82, 2.24) is 8.87 Å². The molecule has 8 heteroatoms. The number of hydrogen-bond acceptors (Lipinski definition) is 4. The first-order valence-corrected chi connectivity index (χ1v) is 10.7. The second kappa shape index (κ2) is 7.96. The van der Waals surface area contributed by atoms with Crippen LogP contribution in [0, 0.1) is 0 Å². The second-order valence-corrected chi connectivity index (χ2v) is 9.05. The van der Waals surface area contributed by atoms with Gasteiger partial charge in [0.1, 0.15) is 5.49 Å². The quantitative estimate of drug-likeness (QED) is 0.782. The molecule has 1 saturated heterocycles. The Hall–Kier alpha value is -1.96. The zero-order valence-corrected chi connectivity index (χ0v) is 16.9. The fraction of sp³-hybridized carbons (Fsp3) is 0.368. The predicted octanol–water partition coefficient (Wildman–Crippen LogP) is 2.92. The largest absolute Gasteiger partial charge is 0.268 e. The van der Waals surface area contributed by atoms with Crippen molar-refractivity contribution in [3.05, 3.63) is 58.7 Å².